The van der Waals surface area contributed by atoms with Crippen LogP contribution in [0.5, 0.6) is 5.88 Å². The number of benzene rings is 1. The molecule has 162 valence electrons. The summed E-state index contributed by atoms with van der Waals surface area (Å²) in [7, 11) is 0. The van der Waals surface area contributed by atoms with Gasteiger partial charge >= 0.3 is 0 Å². The van der Waals surface area contributed by atoms with Crippen LogP contribution in [0.3, 0.4) is 0 Å². The van der Waals surface area contributed by atoms with Gasteiger partial charge in [-0.1, -0.05) is 11.6 Å². The third-order valence-corrected chi connectivity index (χ3v) is 5.80. The standard InChI is InChI=1S/C21H26ClFN4O3/c22-19-18(23)20(30-13-14-1-7-17(28)8-2-14)26-21(25-19)24-15-3-5-16(6-4-15)27-9-11-29-12-10-27/h3-6,14,17,28H,1-2,7-13H2,(H,24,25,26)/t14-,17-. The number of aliphatic hydroxyl groups excluding tert-OH is 1. The minimum absolute atomic E-state index is 0.159. The Hall–Kier alpha value is -2.16. The van der Waals surface area contributed by atoms with Crippen molar-refractivity contribution >= 4 is 28.9 Å². The highest BCUT2D eigenvalue weighted by Gasteiger charge is 2.22. The van der Waals surface area contributed by atoms with E-state index in [1.54, 1.807) is 0 Å². The highest BCUT2D eigenvalue weighted by molar-refractivity contribution is 6.29. The number of nitrogens with one attached hydrogen (secondary N) is 1. The summed E-state index contributed by atoms with van der Waals surface area (Å²) in [5, 5.41) is 12.4. The summed E-state index contributed by atoms with van der Waals surface area (Å²) in [6.45, 7) is 3.52. The van der Waals surface area contributed by atoms with Gasteiger partial charge in [0.15, 0.2) is 5.15 Å². The van der Waals surface area contributed by atoms with Gasteiger partial charge in [-0.05, 0) is 55.9 Å². The summed E-state index contributed by atoms with van der Waals surface area (Å²) >= 11 is 5.95. The summed E-state index contributed by atoms with van der Waals surface area (Å²) in [6.07, 6.45) is 2.95. The van der Waals surface area contributed by atoms with Crippen molar-refractivity contribution in [3.05, 3.63) is 35.2 Å². The van der Waals surface area contributed by atoms with Crippen LogP contribution >= 0.6 is 11.6 Å². The first-order chi connectivity index (χ1) is 14.6. The lowest BCUT2D eigenvalue weighted by Crippen LogP contribution is -2.36. The molecular weight excluding hydrogens is 411 g/mol. The quantitative estimate of drug-likeness (QED) is 0.667. The minimum Gasteiger partial charge on any atom is -0.475 e. The van der Waals surface area contributed by atoms with Crippen molar-refractivity contribution in [3.63, 3.8) is 0 Å². The molecule has 9 heteroatoms. The molecule has 2 heterocycles. The van der Waals surface area contributed by atoms with Gasteiger partial charge in [0.05, 0.1) is 25.9 Å². The number of morpholine rings is 1. The van der Waals surface area contributed by atoms with Gasteiger partial charge in [-0.3, -0.25) is 0 Å². The summed E-state index contributed by atoms with van der Waals surface area (Å²) < 4.78 is 25.3. The molecule has 1 aromatic heterocycles. The second kappa shape index (κ2) is 9.76. The first-order valence-electron chi connectivity index (χ1n) is 10.3. The number of hydrogen-bond acceptors (Lipinski definition) is 7. The molecule has 7 nitrogen and oxygen atoms in total. The molecule has 1 aliphatic carbocycles. The van der Waals surface area contributed by atoms with Crippen molar-refractivity contribution in [1.82, 2.24) is 9.97 Å². The zero-order valence-electron chi connectivity index (χ0n) is 16.7. The third-order valence-electron chi connectivity index (χ3n) is 5.55. The Labute approximate surface area is 180 Å². The predicted molar refractivity (Wildman–Crippen MR) is 113 cm³/mol. The van der Waals surface area contributed by atoms with Crippen molar-refractivity contribution in [3.8, 4) is 5.88 Å². The Kier molecular flexibility index (Phi) is 6.86. The van der Waals surface area contributed by atoms with Crippen molar-refractivity contribution in [1.29, 1.82) is 0 Å². The monoisotopic (exact) mass is 436 g/mol. The maximum atomic E-state index is 14.3. The Morgan fingerprint density at radius 1 is 1.13 bits per heavy atom. The fourth-order valence-corrected chi connectivity index (χ4v) is 3.93. The average Bonchev–Trinajstić information content (AvgIpc) is 2.77. The van der Waals surface area contributed by atoms with Gasteiger partial charge in [-0.15, -0.1) is 0 Å². The normalized spacial score (nSPS) is 22.0. The molecule has 30 heavy (non-hydrogen) atoms. The van der Waals surface area contributed by atoms with E-state index in [4.69, 9.17) is 21.1 Å². The Balaban J connectivity index is 1.40. The topological polar surface area (TPSA) is 79.7 Å². The van der Waals surface area contributed by atoms with Crippen LogP contribution in [-0.2, 0) is 4.74 Å². The zero-order valence-corrected chi connectivity index (χ0v) is 17.4. The van der Waals surface area contributed by atoms with E-state index in [2.05, 4.69) is 20.2 Å². The minimum atomic E-state index is -0.763. The van der Waals surface area contributed by atoms with Crippen LogP contribution in [0.4, 0.5) is 21.7 Å². The molecule has 0 spiro atoms. The zero-order chi connectivity index (χ0) is 20.9. The Bertz CT molecular complexity index is 841. The first-order valence-corrected chi connectivity index (χ1v) is 10.7. The number of nitrogens with zero attached hydrogens (tertiary/aromatic N) is 3. The molecule has 4 rings (SSSR count). The van der Waals surface area contributed by atoms with Crippen LogP contribution in [0.15, 0.2) is 24.3 Å². The summed E-state index contributed by atoms with van der Waals surface area (Å²) in [5.74, 6) is -0.477. The van der Waals surface area contributed by atoms with Crippen molar-refractivity contribution < 1.29 is 19.0 Å². The van der Waals surface area contributed by atoms with Crippen LogP contribution in [-0.4, -0.2) is 54.1 Å². The molecule has 0 radical (unpaired) electrons. The van der Waals surface area contributed by atoms with Gasteiger partial charge in [0.25, 0.3) is 5.88 Å². The second-order valence-electron chi connectivity index (χ2n) is 7.71. The van der Waals surface area contributed by atoms with Gasteiger partial charge in [-0.25, -0.2) is 0 Å². The molecule has 0 atom stereocenters. The maximum absolute atomic E-state index is 14.3. The van der Waals surface area contributed by atoms with Crippen LogP contribution in [0.2, 0.25) is 5.15 Å². The van der Waals surface area contributed by atoms with E-state index in [-0.39, 0.29) is 29.0 Å². The van der Waals surface area contributed by atoms with Gasteiger partial charge in [0, 0.05) is 24.5 Å². The molecule has 1 aromatic carbocycles. The van der Waals surface area contributed by atoms with Gasteiger partial charge in [0.2, 0.25) is 11.8 Å². The lowest BCUT2D eigenvalue weighted by Gasteiger charge is -2.28. The van der Waals surface area contributed by atoms with Crippen LogP contribution in [0.1, 0.15) is 25.7 Å². The molecular formula is C21H26ClFN4O3. The lowest BCUT2D eigenvalue weighted by molar-refractivity contribution is 0.0899. The number of hydrogen-bond donors (Lipinski definition) is 2. The van der Waals surface area contributed by atoms with E-state index < -0.39 is 5.82 Å². The van der Waals surface area contributed by atoms with Gasteiger partial charge < -0.3 is 24.8 Å². The molecule has 2 fully saturated rings. The van der Waals surface area contributed by atoms with Crippen LogP contribution in [0.25, 0.3) is 0 Å². The van der Waals surface area contributed by atoms with Crippen LogP contribution < -0.4 is 15.0 Å². The molecule has 1 saturated carbocycles. The Morgan fingerprint density at radius 3 is 2.53 bits per heavy atom. The number of ether oxygens (including phenoxy) is 2. The highest BCUT2D eigenvalue weighted by atomic mass is 35.5. The van der Waals surface area contributed by atoms with Gasteiger partial charge in [-0.2, -0.15) is 14.4 Å². The maximum Gasteiger partial charge on any atom is 0.257 e. The number of rotatable bonds is 6. The van der Waals surface area contributed by atoms with E-state index in [9.17, 15) is 9.50 Å². The SMILES string of the molecule is O[C@H]1CC[C@H](COc2nc(Nc3ccc(N4CCOCC4)cc3)nc(Cl)c2F)CC1. The largest absolute Gasteiger partial charge is 0.475 e. The average molecular weight is 437 g/mol. The van der Waals surface area contributed by atoms with Crippen molar-refractivity contribution in [2.75, 3.05) is 43.1 Å². The Morgan fingerprint density at radius 2 is 1.83 bits per heavy atom. The number of anilines is 3. The summed E-state index contributed by atoms with van der Waals surface area (Å²) in [6, 6.07) is 7.85. The molecule has 1 aliphatic heterocycles. The molecule has 0 unspecified atom stereocenters. The molecule has 2 N–H and O–H groups in total. The molecule has 0 bridgehead atoms. The number of aliphatic hydroxyl groups is 1. The molecule has 2 aromatic rings. The number of aromatic nitrogens is 2. The van der Waals surface area contributed by atoms with Crippen molar-refractivity contribution in [2.24, 2.45) is 5.92 Å². The smallest absolute Gasteiger partial charge is 0.257 e. The lowest BCUT2D eigenvalue weighted by atomic mass is 9.88. The molecule has 1 saturated heterocycles. The van der Waals surface area contributed by atoms with E-state index in [1.165, 1.54) is 0 Å². The van der Waals surface area contributed by atoms with E-state index >= 15 is 0 Å². The third kappa shape index (κ3) is 5.30. The fourth-order valence-electron chi connectivity index (χ4n) is 3.77. The summed E-state index contributed by atoms with van der Waals surface area (Å²) in [5.41, 5.74) is 1.88. The van der Waals surface area contributed by atoms with Crippen LogP contribution in [0, 0.1) is 11.7 Å². The van der Waals surface area contributed by atoms with E-state index in [0.29, 0.717) is 6.61 Å². The van der Waals surface area contributed by atoms with Gasteiger partial charge in [0.1, 0.15) is 0 Å². The number of halogens is 2. The first kappa shape index (κ1) is 21.1. The van der Waals surface area contributed by atoms with E-state index in [1.807, 2.05) is 24.3 Å². The fraction of sp³-hybridized carbons (Fsp3) is 0.524. The molecule has 2 aliphatic rings. The summed E-state index contributed by atoms with van der Waals surface area (Å²) in [4.78, 5) is 10.4. The van der Waals surface area contributed by atoms with E-state index in [0.717, 1.165) is 63.4 Å². The highest BCUT2D eigenvalue weighted by Crippen LogP contribution is 2.28. The predicted octanol–water partition coefficient (Wildman–Crippen LogP) is 3.78. The molecule has 0 amide bonds. The van der Waals surface area contributed by atoms with Crippen molar-refractivity contribution in [2.45, 2.75) is 31.8 Å². The second-order valence-corrected chi connectivity index (χ2v) is 8.07.